The van der Waals surface area contributed by atoms with Gasteiger partial charge in [0.15, 0.2) is 0 Å². The first kappa shape index (κ1) is 22.3. The maximum atomic E-state index is 13.0. The summed E-state index contributed by atoms with van der Waals surface area (Å²) in [5.74, 6) is -0.0257. The van der Waals surface area contributed by atoms with Crippen molar-refractivity contribution in [3.63, 3.8) is 0 Å². The highest BCUT2D eigenvalue weighted by Gasteiger charge is 2.50. The van der Waals surface area contributed by atoms with E-state index in [1.165, 1.54) is 69.8 Å². The van der Waals surface area contributed by atoms with Crippen molar-refractivity contribution in [2.45, 2.75) is 108 Å². The molecule has 1 spiro atoms. The van der Waals surface area contributed by atoms with Crippen LogP contribution in [-0.4, -0.2) is 40.7 Å². The van der Waals surface area contributed by atoms with Gasteiger partial charge in [0.05, 0.1) is 0 Å². The normalized spacial score (nSPS) is 32.6. The zero-order chi connectivity index (χ0) is 23.3. The van der Waals surface area contributed by atoms with Crippen molar-refractivity contribution in [2.75, 3.05) is 0 Å². The summed E-state index contributed by atoms with van der Waals surface area (Å²) in [6.45, 7) is 0.464. The lowest BCUT2D eigenvalue weighted by atomic mass is 9.77. The smallest absolute Gasteiger partial charge is 0.255 e. The molecule has 0 aromatic heterocycles. The van der Waals surface area contributed by atoms with Crippen LogP contribution < -0.4 is 10.6 Å². The van der Waals surface area contributed by atoms with E-state index in [2.05, 4.69) is 22.8 Å². The number of benzene rings is 1. The largest absolute Gasteiger partial charge is 0.322 e. The van der Waals surface area contributed by atoms with Gasteiger partial charge < -0.3 is 10.2 Å². The van der Waals surface area contributed by atoms with E-state index in [4.69, 9.17) is 0 Å². The maximum Gasteiger partial charge on any atom is 0.255 e. The SMILES string of the molecule is O=C1CCC(N2Cc3cc(C[C@H]4CCCC[C@@H]4NC4CCCCC45CC5)ccc3C2=O)C(=O)N1. The third-order valence-electron chi connectivity index (χ3n) is 9.46. The quantitative estimate of drug-likeness (QED) is 0.650. The van der Waals surface area contributed by atoms with Crippen LogP contribution in [0.2, 0.25) is 0 Å². The van der Waals surface area contributed by atoms with Gasteiger partial charge in [-0.15, -0.1) is 0 Å². The Bertz CT molecular complexity index is 1000. The van der Waals surface area contributed by atoms with Gasteiger partial charge in [0, 0.05) is 30.6 Å². The Balaban J connectivity index is 1.14. The number of nitrogens with one attached hydrogen (secondary N) is 2. The Morgan fingerprint density at radius 2 is 1.79 bits per heavy atom. The first-order valence-electron chi connectivity index (χ1n) is 13.5. The van der Waals surface area contributed by atoms with Gasteiger partial charge in [-0.05, 0) is 79.9 Å². The van der Waals surface area contributed by atoms with E-state index in [-0.39, 0.29) is 17.7 Å². The fourth-order valence-corrected chi connectivity index (χ4v) is 7.31. The molecule has 1 aromatic rings. The second-order valence-corrected chi connectivity index (χ2v) is 11.6. The lowest BCUT2D eigenvalue weighted by Gasteiger charge is -2.40. The molecule has 2 heterocycles. The van der Waals surface area contributed by atoms with Gasteiger partial charge in [-0.25, -0.2) is 0 Å². The third-order valence-corrected chi connectivity index (χ3v) is 9.46. The zero-order valence-corrected chi connectivity index (χ0v) is 20.1. The summed E-state index contributed by atoms with van der Waals surface area (Å²) in [6, 6.07) is 7.06. The van der Waals surface area contributed by atoms with Crippen LogP contribution in [0.1, 0.15) is 98.5 Å². The summed E-state index contributed by atoms with van der Waals surface area (Å²) < 4.78 is 0. The molecule has 6 rings (SSSR count). The number of carbonyl (C=O) groups excluding carboxylic acids is 3. The lowest BCUT2D eigenvalue weighted by molar-refractivity contribution is -0.136. The van der Waals surface area contributed by atoms with E-state index in [1.807, 2.05) is 6.07 Å². The molecule has 5 aliphatic rings. The van der Waals surface area contributed by atoms with Crippen molar-refractivity contribution in [3.05, 3.63) is 34.9 Å². The van der Waals surface area contributed by atoms with Crippen molar-refractivity contribution in [2.24, 2.45) is 11.3 Å². The fourth-order valence-electron chi connectivity index (χ4n) is 7.31. The highest BCUT2D eigenvalue weighted by Crippen LogP contribution is 2.56. The predicted octanol–water partition coefficient (Wildman–Crippen LogP) is 3.86. The molecule has 2 N–H and O–H groups in total. The summed E-state index contributed by atoms with van der Waals surface area (Å²) in [7, 11) is 0. The van der Waals surface area contributed by atoms with Crippen LogP contribution in [0.3, 0.4) is 0 Å². The molecule has 3 aliphatic carbocycles. The van der Waals surface area contributed by atoms with Crippen molar-refractivity contribution in [1.29, 1.82) is 0 Å². The van der Waals surface area contributed by atoms with Gasteiger partial charge in [-0.2, -0.15) is 0 Å². The zero-order valence-electron chi connectivity index (χ0n) is 20.1. The summed E-state index contributed by atoms with van der Waals surface area (Å²) in [5.41, 5.74) is 3.66. The minimum absolute atomic E-state index is 0.0831. The molecule has 0 bridgehead atoms. The molecule has 182 valence electrons. The van der Waals surface area contributed by atoms with Crippen LogP contribution in [0.5, 0.6) is 0 Å². The Kier molecular flexibility index (Phi) is 5.75. The molecule has 2 unspecified atom stereocenters. The molecule has 1 saturated heterocycles. The van der Waals surface area contributed by atoms with Crippen LogP contribution in [0.4, 0.5) is 0 Å². The third kappa shape index (κ3) is 4.08. The van der Waals surface area contributed by atoms with Crippen molar-refractivity contribution in [3.8, 4) is 0 Å². The lowest BCUT2D eigenvalue weighted by Crippen LogP contribution is -2.52. The van der Waals surface area contributed by atoms with Crippen molar-refractivity contribution in [1.82, 2.24) is 15.5 Å². The molecule has 4 fully saturated rings. The van der Waals surface area contributed by atoms with Gasteiger partial charge >= 0.3 is 0 Å². The van der Waals surface area contributed by atoms with Gasteiger partial charge in [0.2, 0.25) is 11.8 Å². The number of fused-ring (bicyclic) bond motifs is 1. The number of imide groups is 1. The second kappa shape index (κ2) is 8.78. The number of carbonyl (C=O) groups is 3. The molecule has 2 aliphatic heterocycles. The fraction of sp³-hybridized carbons (Fsp3) is 0.679. The number of piperidine rings is 1. The van der Waals surface area contributed by atoms with Gasteiger partial charge in [0.1, 0.15) is 6.04 Å². The molecule has 3 saturated carbocycles. The molecular formula is C28H37N3O3. The summed E-state index contributed by atoms with van der Waals surface area (Å²) in [6.07, 6.45) is 15.3. The number of rotatable bonds is 5. The number of amides is 3. The van der Waals surface area contributed by atoms with Gasteiger partial charge in [-0.1, -0.05) is 37.8 Å². The van der Waals surface area contributed by atoms with Crippen LogP contribution in [0, 0.1) is 11.3 Å². The maximum absolute atomic E-state index is 13.0. The molecule has 6 nitrogen and oxygen atoms in total. The van der Waals surface area contributed by atoms with E-state index in [0.29, 0.717) is 48.4 Å². The average molecular weight is 464 g/mol. The summed E-state index contributed by atoms with van der Waals surface area (Å²) >= 11 is 0. The Hall–Kier alpha value is -2.21. The number of hydrogen-bond donors (Lipinski definition) is 2. The van der Waals surface area contributed by atoms with Crippen molar-refractivity contribution >= 4 is 17.7 Å². The van der Waals surface area contributed by atoms with E-state index in [1.54, 1.807) is 4.90 Å². The van der Waals surface area contributed by atoms with Crippen LogP contribution >= 0.6 is 0 Å². The molecule has 3 amide bonds. The molecule has 0 radical (unpaired) electrons. The van der Waals surface area contributed by atoms with Crippen molar-refractivity contribution < 1.29 is 14.4 Å². The number of nitrogens with zero attached hydrogens (tertiary/aromatic N) is 1. The molecule has 6 heteroatoms. The topological polar surface area (TPSA) is 78.5 Å². The molecule has 34 heavy (non-hydrogen) atoms. The standard InChI is InChI=1S/C28H37N3O3/c32-25-11-10-23(26(33)30-25)31-17-20-16-18(8-9-21(20)27(31)34)15-19-5-1-2-6-22(19)29-24-7-3-4-12-28(24)13-14-28/h8-9,16,19,22-24,29H,1-7,10-15,17H2,(H,30,32,33)/t19-,22+,23?,24?/m1/s1. The Morgan fingerprint density at radius 3 is 2.62 bits per heavy atom. The molecular weight excluding hydrogens is 426 g/mol. The summed E-state index contributed by atoms with van der Waals surface area (Å²) in [4.78, 5) is 38.5. The first-order chi connectivity index (χ1) is 16.5. The Morgan fingerprint density at radius 1 is 0.971 bits per heavy atom. The number of hydrogen-bond acceptors (Lipinski definition) is 4. The minimum atomic E-state index is -0.543. The van der Waals surface area contributed by atoms with Crippen LogP contribution in [0.25, 0.3) is 0 Å². The molecule has 1 aromatic carbocycles. The van der Waals surface area contributed by atoms with Crippen LogP contribution in [-0.2, 0) is 22.6 Å². The second-order valence-electron chi connectivity index (χ2n) is 11.6. The monoisotopic (exact) mass is 463 g/mol. The van der Waals surface area contributed by atoms with Gasteiger partial charge in [-0.3, -0.25) is 19.7 Å². The van der Waals surface area contributed by atoms with Gasteiger partial charge in [0.25, 0.3) is 5.91 Å². The predicted molar refractivity (Wildman–Crippen MR) is 129 cm³/mol. The van der Waals surface area contributed by atoms with E-state index >= 15 is 0 Å². The highest BCUT2D eigenvalue weighted by molar-refractivity contribution is 6.05. The molecule has 4 atom stereocenters. The summed E-state index contributed by atoms with van der Waals surface area (Å²) in [5, 5.41) is 6.55. The van der Waals surface area contributed by atoms with E-state index in [9.17, 15) is 14.4 Å². The van der Waals surface area contributed by atoms with E-state index in [0.717, 1.165) is 12.0 Å². The van der Waals surface area contributed by atoms with Crippen LogP contribution in [0.15, 0.2) is 18.2 Å². The first-order valence-corrected chi connectivity index (χ1v) is 13.5. The minimum Gasteiger partial charge on any atom is -0.322 e. The highest BCUT2D eigenvalue weighted by atomic mass is 16.2. The average Bonchev–Trinajstić information content (AvgIpc) is 3.53. The Labute approximate surface area is 202 Å². The van der Waals surface area contributed by atoms with E-state index < -0.39 is 6.04 Å².